The highest BCUT2D eigenvalue weighted by molar-refractivity contribution is 7.17. The van der Waals surface area contributed by atoms with Crippen LogP contribution >= 0.6 is 11.3 Å². The minimum atomic E-state index is 0.511. The summed E-state index contributed by atoms with van der Waals surface area (Å²) in [5.74, 6) is 1.52. The molecule has 14 heavy (non-hydrogen) atoms. The van der Waals surface area contributed by atoms with E-state index in [0.717, 1.165) is 5.75 Å². The van der Waals surface area contributed by atoms with Crippen LogP contribution in [0.15, 0.2) is 23.6 Å². The summed E-state index contributed by atoms with van der Waals surface area (Å²) < 4.78 is 6.73. The predicted octanol–water partition coefficient (Wildman–Crippen LogP) is 4.03. The van der Waals surface area contributed by atoms with E-state index in [-0.39, 0.29) is 0 Å². The van der Waals surface area contributed by atoms with Gasteiger partial charge in [0.05, 0.1) is 7.11 Å². The minimum Gasteiger partial charge on any atom is -0.496 e. The number of methoxy groups -OCH3 is 1. The Hall–Kier alpha value is -1.02. The van der Waals surface area contributed by atoms with E-state index in [2.05, 4.69) is 37.4 Å². The van der Waals surface area contributed by atoms with Crippen LogP contribution in [0.5, 0.6) is 5.75 Å². The molecule has 0 aliphatic carbocycles. The first-order chi connectivity index (χ1) is 6.72. The Labute approximate surface area is 88.3 Å². The molecule has 0 atom stereocenters. The highest BCUT2D eigenvalue weighted by Crippen LogP contribution is 2.33. The molecule has 1 aromatic carbocycles. The van der Waals surface area contributed by atoms with Crippen molar-refractivity contribution in [3.05, 3.63) is 29.1 Å². The highest BCUT2D eigenvalue weighted by atomic mass is 32.1. The van der Waals surface area contributed by atoms with E-state index in [1.807, 2.05) is 0 Å². The molecule has 1 nitrogen and oxygen atoms in total. The summed E-state index contributed by atoms with van der Waals surface area (Å²) in [6.45, 7) is 4.38. The molecule has 0 amide bonds. The Morgan fingerprint density at radius 3 is 2.71 bits per heavy atom. The molecule has 0 bridgehead atoms. The Morgan fingerprint density at radius 1 is 1.29 bits per heavy atom. The van der Waals surface area contributed by atoms with Crippen molar-refractivity contribution in [1.29, 1.82) is 0 Å². The number of benzene rings is 1. The molecule has 2 aromatic rings. The van der Waals surface area contributed by atoms with Crippen LogP contribution in [0, 0.1) is 0 Å². The fraction of sp³-hybridized carbons (Fsp3) is 0.333. The Bertz CT molecular complexity index is 443. The van der Waals surface area contributed by atoms with E-state index in [9.17, 15) is 0 Å². The molecule has 0 radical (unpaired) electrons. The van der Waals surface area contributed by atoms with E-state index < -0.39 is 0 Å². The van der Waals surface area contributed by atoms with Gasteiger partial charge in [0.2, 0.25) is 0 Å². The number of rotatable bonds is 2. The molecule has 0 saturated carbocycles. The molecule has 2 heteroatoms. The van der Waals surface area contributed by atoms with Crippen LogP contribution < -0.4 is 4.74 Å². The molecule has 0 fully saturated rings. The zero-order chi connectivity index (χ0) is 10.1. The van der Waals surface area contributed by atoms with Crippen molar-refractivity contribution in [3.63, 3.8) is 0 Å². The van der Waals surface area contributed by atoms with Gasteiger partial charge in [0.25, 0.3) is 0 Å². The van der Waals surface area contributed by atoms with Gasteiger partial charge in [-0.05, 0) is 40.4 Å². The lowest BCUT2D eigenvalue weighted by Crippen LogP contribution is -1.93. The molecule has 0 aliphatic heterocycles. The fourth-order valence-corrected chi connectivity index (χ4v) is 2.45. The average molecular weight is 206 g/mol. The van der Waals surface area contributed by atoms with Gasteiger partial charge in [0.1, 0.15) is 5.75 Å². The molecule has 0 unspecified atom stereocenters. The van der Waals surface area contributed by atoms with Crippen LogP contribution in [-0.4, -0.2) is 7.11 Å². The molecule has 2 rings (SSSR count). The Kier molecular flexibility index (Phi) is 2.46. The first-order valence-electron chi connectivity index (χ1n) is 4.77. The number of hydrogen-bond donors (Lipinski definition) is 0. The maximum absolute atomic E-state index is 5.39. The van der Waals surface area contributed by atoms with Crippen molar-refractivity contribution in [2.24, 2.45) is 0 Å². The standard InChI is InChI=1S/C12H14OS/c1-8(2)10-7-12-9(4-5-14-12)6-11(10)13-3/h4-8H,1-3H3. The lowest BCUT2D eigenvalue weighted by Gasteiger charge is -2.11. The number of hydrogen-bond acceptors (Lipinski definition) is 2. The lowest BCUT2D eigenvalue weighted by atomic mass is 10.0. The monoisotopic (exact) mass is 206 g/mol. The largest absolute Gasteiger partial charge is 0.496 e. The fourth-order valence-electron chi connectivity index (χ4n) is 1.63. The third kappa shape index (κ3) is 1.50. The maximum Gasteiger partial charge on any atom is 0.123 e. The van der Waals surface area contributed by atoms with E-state index >= 15 is 0 Å². The maximum atomic E-state index is 5.39. The van der Waals surface area contributed by atoms with Gasteiger partial charge in [-0.25, -0.2) is 0 Å². The van der Waals surface area contributed by atoms with Gasteiger partial charge in [-0.3, -0.25) is 0 Å². The first kappa shape index (κ1) is 9.53. The summed E-state index contributed by atoms with van der Waals surface area (Å²) in [5.41, 5.74) is 1.29. The molecule has 0 aliphatic rings. The van der Waals surface area contributed by atoms with Crippen LogP contribution in [0.25, 0.3) is 10.1 Å². The zero-order valence-electron chi connectivity index (χ0n) is 8.70. The summed E-state index contributed by atoms with van der Waals surface area (Å²) in [5, 5.41) is 3.39. The molecule has 74 valence electrons. The van der Waals surface area contributed by atoms with E-state index in [1.54, 1.807) is 18.4 Å². The van der Waals surface area contributed by atoms with Crippen molar-refractivity contribution in [2.75, 3.05) is 7.11 Å². The first-order valence-corrected chi connectivity index (χ1v) is 5.65. The van der Waals surface area contributed by atoms with E-state index in [4.69, 9.17) is 4.74 Å². The number of fused-ring (bicyclic) bond motifs is 1. The smallest absolute Gasteiger partial charge is 0.123 e. The SMILES string of the molecule is COc1cc2ccsc2cc1C(C)C. The summed E-state index contributed by atoms with van der Waals surface area (Å²) in [4.78, 5) is 0. The molecule has 0 saturated heterocycles. The van der Waals surface area contributed by atoms with E-state index in [1.165, 1.54) is 15.6 Å². The van der Waals surface area contributed by atoms with Gasteiger partial charge < -0.3 is 4.74 Å². The Balaban J connectivity index is 2.66. The molecule has 1 aromatic heterocycles. The van der Waals surface area contributed by atoms with E-state index in [0.29, 0.717) is 5.92 Å². The van der Waals surface area contributed by atoms with Gasteiger partial charge in [-0.15, -0.1) is 11.3 Å². The van der Waals surface area contributed by atoms with Gasteiger partial charge in [-0.2, -0.15) is 0 Å². The van der Waals surface area contributed by atoms with Crippen molar-refractivity contribution in [3.8, 4) is 5.75 Å². The lowest BCUT2D eigenvalue weighted by molar-refractivity contribution is 0.408. The predicted molar refractivity (Wildman–Crippen MR) is 62.5 cm³/mol. The second-order valence-electron chi connectivity index (χ2n) is 3.71. The minimum absolute atomic E-state index is 0.511. The molecule has 1 heterocycles. The summed E-state index contributed by atoms with van der Waals surface area (Å²) >= 11 is 1.78. The normalized spacial score (nSPS) is 11.1. The molecule has 0 N–H and O–H groups in total. The quantitative estimate of drug-likeness (QED) is 0.720. The van der Waals surface area contributed by atoms with Crippen LogP contribution in [-0.2, 0) is 0 Å². The summed E-state index contributed by atoms with van der Waals surface area (Å²) in [6, 6.07) is 6.50. The van der Waals surface area contributed by atoms with Gasteiger partial charge in [0.15, 0.2) is 0 Å². The van der Waals surface area contributed by atoms with Crippen LogP contribution in [0.1, 0.15) is 25.3 Å². The summed E-state index contributed by atoms with van der Waals surface area (Å²) in [6.07, 6.45) is 0. The van der Waals surface area contributed by atoms with Crippen LogP contribution in [0.2, 0.25) is 0 Å². The highest BCUT2D eigenvalue weighted by Gasteiger charge is 2.09. The Morgan fingerprint density at radius 2 is 2.07 bits per heavy atom. The zero-order valence-corrected chi connectivity index (χ0v) is 9.52. The second-order valence-corrected chi connectivity index (χ2v) is 4.65. The number of ether oxygens (including phenoxy) is 1. The molecular weight excluding hydrogens is 192 g/mol. The molecular formula is C12H14OS. The topological polar surface area (TPSA) is 9.23 Å². The third-order valence-corrected chi connectivity index (χ3v) is 3.31. The van der Waals surface area contributed by atoms with Crippen molar-refractivity contribution in [2.45, 2.75) is 19.8 Å². The van der Waals surface area contributed by atoms with Crippen molar-refractivity contribution in [1.82, 2.24) is 0 Å². The summed E-state index contributed by atoms with van der Waals surface area (Å²) in [7, 11) is 1.74. The van der Waals surface area contributed by atoms with Gasteiger partial charge in [-0.1, -0.05) is 13.8 Å². The van der Waals surface area contributed by atoms with Crippen LogP contribution in [0.4, 0.5) is 0 Å². The third-order valence-electron chi connectivity index (χ3n) is 2.43. The molecule has 0 spiro atoms. The number of thiophene rings is 1. The van der Waals surface area contributed by atoms with Gasteiger partial charge >= 0.3 is 0 Å². The van der Waals surface area contributed by atoms with Crippen molar-refractivity contribution >= 4 is 21.4 Å². The van der Waals surface area contributed by atoms with Crippen molar-refractivity contribution < 1.29 is 4.74 Å². The van der Waals surface area contributed by atoms with Gasteiger partial charge in [0, 0.05) is 4.70 Å². The van der Waals surface area contributed by atoms with Crippen LogP contribution in [0.3, 0.4) is 0 Å². The average Bonchev–Trinajstić information content (AvgIpc) is 2.62. The second kappa shape index (κ2) is 3.62.